The van der Waals surface area contributed by atoms with Crippen LogP contribution in [0.4, 0.5) is 0 Å². The topological polar surface area (TPSA) is 99.5 Å². The number of hydrogen-bond donors (Lipinski definition) is 1. The molecule has 2 aliphatic rings. The highest BCUT2D eigenvalue weighted by atomic mass is 32.2. The fourth-order valence-electron chi connectivity index (χ4n) is 3.68. The molecule has 0 aromatic heterocycles. The minimum absolute atomic E-state index is 0.0814. The number of ether oxygens (including phenoxy) is 1. The minimum Gasteiger partial charge on any atom is -0.454 e. The van der Waals surface area contributed by atoms with Crippen LogP contribution in [0, 0.1) is 17.2 Å². The lowest BCUT2D eigenvalue weighted by Gasteiger charge is -2.33. The Bertz CT molecular complexity index is 853. The largest absolute Gasteiger partial charge is 0.454 e. The van der Waals surface area contributed by atoms with Gasteiger partial charge in [0.05, 0.1) is 6.07 Å². The summed E-state index contributed by atoms with van der Waals surface area (Å²) in [5, 5.41) is 11.9. The predicted molar refractivity (Wildman–Crippen MR) is 108 cm³/mol. The molecule has 2 aliphatic heterocycles. The fourth-order valence-corrected chi connectivity index (χ4v) is 5.31. The van der Waals surface area contributed by atoms with Gasteiger partial charge in [0.1, 0.15) is 16.5 Å². The molecule has 2 saturated heterocycles. The Morgan fingerprint density at radius 2 is 2.10 bits per heavy atom. The Morgan fingerprint density at radius 1 is 1.41 bits per heavy atom. The highest BCUT2D eigenvalue weighted by Gasteiger charge is 2.57. The number of benzene rings is 1. The van der Waals surface area contributed by atoms with E-state index in [9.17, 15) is 19.6 Å². The van der Waals surface area contributed by atoms with E-state index in [2.05, 4.69) is 11.4 Å². The van der Waals surface area contributed by atoms with E-state index in [1.165, 1.54) is 0 Å². The van der Waals surface area contributed by atoms with Crippen LogP contribution in [-0.4, -0.2) is 46.6 Å². The SMILES string of the molecule is CC(C)[C@@](C)(C#N)NC(=O)COC(=O)[C@H]1CS[C@@]2(c3ccccc3)CCC(=O)N12. The number of thioether (sulfide) groups is 1. The Kier molecular flexibility index (Phi) is 5.90. The summed E-state index contributed by atoms with van der Waals surface area (Å²) in [6.45, 7) is 4.80. The molecule has 1 N–H and O–H groups in total. The van der Waals surface area contributed by atoms with Gasteiger partial charge in [0.2, 0.25) is 5.91 Å². The van der Waals surface area contributed by atoms with E-state index in [0.29, 0.717) is 18.6 Å². The van der Waals surface area contributed by atoms with Crippen molar-refractivity contribution < 1.29 is 19.1 Å². The van der Waals surface area contributed by atoms with E-state index in [1.54, 1.807) is 23.6 Å². The molecular formula is C21H25N3O4S. The normalized spacial score (nSPS) is 25.3. The molecule has 154 valence electrons. The maximum Gasteiger partial charge on any atom is 0.330 e. The highest BCUT2D eigenvalue weighted by molar-refractivity contribution is 8.00. The van der Waals surface area contributed by atoms with Gasteiger partial charge in [-0.15, -0.1) is 11.8 Å². The lowest BCUT2D eigenvalue weighted by Crippen LogP contribution is -2.51. The summed E-state index contributed by atoms with van der Waals surface area (Å²) >= 11 is 1.57. The smallest absolute Gasteiger partial charge is 0.330 e. The lowest BCUT2D eigenvalue weighted by molar-refractivity contribution is -0.156. The second-order valence-electron chi connectivity index (χ2n) is 7.87. The molecule has 0 spiro atoms. The number of amides is 2. The summed E-state index contributed by atoms with van der Waals surface area (Å²) in [6.07, 6.45) is 1.01. The second-order valence-corrected chi connectivity index (χ2v) is 9.16. The van der Waals surface area contributed by atoms with Crippen molar-refractivity contribution in [2.24, 2.45) is 5.92 Å². The number of nitriles is 1. The average molecular weight is 416 g/mol. The Hall–Kier alpha value is -2.53. The molecule has 1 aromatic carbocycles. The number of carbonyl (C=O) groups is 3. The zero-order chi connectivity index (χ0) is 21.2. The van der Waals surface area contributed by atoms with E-state index >= 15 is 0 Å². The fraction of sp³-hybridized carbons (Fsp3) is 0.524. The molecule has 2 fully saturated rings. The van der Waals surface area contributed by atoms with E-state index < -0.39 is 34.9 Å². The molecular weight excluding hydrogens is 390 g/mol. The third-order valence-electron chi connectivity index (χ3n) is 5.76. The van der Waals surface area contributed by atoms with E-state index in [0.717, 1.165) is 5.56 Å². The van der Waals surface area contributed by atoms with Gasteiger partial charge in [-0.1, -0.05) is 44.2 Å². The van der Waals surface area contributed by atoms with Gasteiger partial charge in [-0.05, 0) is 24.8 Å². The molecule has 3 rings (SSSR count). The van der Waals surface area contributed by atoms with Crippen LogP contribution in [0.15, 0.2) is 30.3 Å². The van der Waals surface area contributed by atoms with Crippen molar-refractivity contribution in [1.29, 1.82) is 5.26 Å². The standard InChI is InChI=1S/C21H25N3O4S/c1-14(2)20(3,13-22)23-17(25)11-28-19(27)16-12-29-21(10-9-18(26)24(16)21)15-7-5-4-6-8-15/h4-8,14,16H,9-12H2,1-3H3,(H,23,25)/t16-,20-,21-/m1/s1. The van der Waals surface area contributed by atoms with Crippen LogP contribution < -0.4 is 5.32 Å². The first-order valence-corrected chi connectivity index (χ1v) is 10.6. The first kappa shape index (κ1) is 21.2. The zero-order valence-corrected chi connectivity index (χ0v) is 17.6. The van der Waals surface area contributed by atoms with Crippen molar-refractivity contribution >= 4 is 29.5 Å². The first-order valence-electron chi connectivity index (χ1n) is 9.64. The van der Waals surface area contributed by atoms with Crippen molar-refractivity contribution in [3.63, 3.8) is 0 Å². The third-order valence-corrected chi connectivity index (χ3v) is 7.35. The number of nitrogens with zero attached hydrogens (tertiary/aromatic N) is 2. The van der Waals surface area contributed by atoms with E-state index in [-0.39, 0.29) is 11.8 Å². The van der Waals surface area contributed by atoms with Crippen LogP contribution in [-0.2, 0) is 24.0 Å². The molecule has 0 unspecified atom stereocenters. The quantitative estimate of drug-likeness (QED) is 0.715. The number of fused-ring (bicyclic) bond motifs is 1. The molecule has 3 atom stereocenters. The zero-order valence-electron chi connectivity index (χ0n) is 16.8. The van der Waals surface area contributed by atoms with Crippen molar-refractivity contribution in [1.82, 2.24) is 10.2 Å². The van der Waals surface area contributed by atoms with Crippen LogP contribution in [0.25, 0.3) is 0 Å². The predicted octanol–water partition coefficient (Wildman–Crippen LogP) is 2.17. The molecule has 0 bridgehead atoms. The first-order chi connectivity index (χ1) is 13.7. The van der Waals surface area contributed by atoms with Crippen LogP contribution in [0.3, 0.4) is 0 Å². The summed E-state index contributed by atoms with van der Waals surface area (Å²) in [5.74, 6) is -0.898. The van der Waals surface area contributed by atoms with Gasteiger partial charge in [-0.3, -0.25) is 9.59 Å². The van der Waals surface area contributed by atoms with Gasteiger partial charge in [-0.25, -0.2) is 4.79 Å². The van der Waals surface area contributed by atoms with Gasteiger partial charge in [0, 0.05) is 12.2 Å². The van der Waals surface area contributed by atoms with Crippen LogP contribution >= 0.6 is 11.8 Å². The number of esters is 1. The second kappa shape index (κ2) is 8.07. The summed E-state index contributed by atoms with van der Waals surface area (Å²) in [6, 6.07) is 11.0. The summed E-state index contributed by atoms with van der Waals surface area (Å²) in [4.78, 5) is 38.5. The molecule has 8 heteroatoms. The van der Waals surface area contributed by atoms with E-state index in [1.807, 2.05) is 44.2 Å². The lowest BCUT2D eigenvalue weighted by atomic mass is 9.90. The van der Waals surface area contributed by atoms with Gasteiger partial charge in [0.15, 0.2) is 6.61 Å². The number of nitrogens with one attached hydrogen (secondary N) is 1. The average Bonchev–Trinajstić information content (AvgIpc) is 3.26. The number of carbonyl (C=O) groups excluding carboxylic acids is 3. The van der Waals surface area contributed by atoms with Gasteiger partial charge < -0.3 is 15.0 Å². The minimum atomic E-state index is -1.04. The molecule has 1 aromatic rings. The van der Waals surface area contributed by atoms with E-state index in [4.69, 9.17) is 4.74 Å². The van der Waals surface area contributed by atoms with Crippen LogP contribution in [0.2, 0.25) is 0 Å². The maximum atomic E-state index is 12.7. The Morgan fingerprint density at radius 3 is 2.72 bits per heavy atom. The molecule has 0 radical (unpaired) electrons. The molecule has 2 amide bonds. The molecule has 2 heterocycles. The number of rotatable bonds is 6. The molecule has 0 saturated carbocycles. The highest BCUT2D eigenvalue weighted by Crippen LogP contribution is 2.54. The third kappa shape index (κ3) is 3.84. The maximum absolute atomic E-state index is 12.7. The van der Waals surface area contributed by atoms with Crippen molar-refractivity contribution in [2.75, 3.05) is 12.4 Å². The van der Waals surface area contributed by atoms with Crippen LogP contribution in [0.5, 0.6) is 0 Å². The molecule has 29 heavy (non-hydrogen) atoms. The number of hydrogen-bond acceptors (Lipinski definition) is 6. The van der Waals surface area contributed by atoms with Crippen molar-refractivity contribution in [3.8, 4) is 6.07 Å². The monoisotopic (exact) mass is 415 g/mol. The molecule has 7 nitrogen and oxygen atoms in total. The van der Waals surface area contributed by atoms with Gasteiger partial charge in [0.25, 0.3) is 5.91 Å². The molecule has 0 aliphatic carbocycles. The Labute approximate surface area is 174 Å². The summed E-state index contributed by atoms with van der Waals surface area (Å²) in [5.41, 5.74) is -0.0503. The summed E-state index contributed by atoms with van der Waals surface area (Å²) < 4.78 is 5.23. The van der Waals surface area contributed by atoms with Crippen molar-refractivity contribution in [3.05, 3.63) is 35.9 Å². The van der Waals surface area contributed by atoms with Gasteiger partial charge >= 0.3 is 5.97 Å². The van der Waals surface area contributed by atoms with Crippen molar-refractivity contribution in [2.45, 2.75) is 50.1 Å². The Balaban J connectivity index is 1.67. The van der Waals surface area contributed by atoms with Crippen LogP contribution in [0.1, 0.15) is 39.2 Å². The van der Waals surface area contributed by atoms with Gasteiger partial charge in [-0.2, -0.15) is 5.26 Å². The summed E-state index contributed by atoms with van der Waals surface area (Å²) in [7, 11) is 0.